The number of rotatable bonds is 1. The fourth-order valence-corrected chi connectivity index (χ4v) is 3.10. The van der Waals surface area contributed by atoms with Gasteiger partial charge in [-0.15, -0.1) is 0 Å². The standard InChI is InChI=1S/C15H8Br2FNO2/c16-10-6-13(7-1-2-14(21)12(18)3-7)19-15-9(10)4-8(20)5-11(15)17/h1-6,20-21H. The van der Waals surface area contributed by atoms with Crippen molar-refractivity contribution in [1.82, 2.24) is 4.98 Å². The highest BCUT2D eigenvalue weighted by Gasteiger charge is 2.11. The van der Waals surface area contributed by atoms with Crippen LogP contribution in [0.15, 0.2) is 45.3 Å². The maximum absolute atomic E-state index is 13.5. The van der Waals surface area contributed by atoms with Gasteiger partial charge in [0.1, 0.15) is 5.75 Å². The Bertz CT molecular complexity index is 868. The molecule has 0 aliphatic rings. The Hall–Kier alpha value is -1.66. The number of aromatic nitrogens is 1. The van der Waals surface area contributed by atoms with Crippen LogP contribution in [-0.4, -0.2) is 15.2 Å². The molecule has 3 rings (SSSR count). The fourth-order valence-electron chi connectivity index (χ4n) is 2.05. The summed E-state index contributed by atoms with van der Waals surface area (Å²) in [7, 11) is 0. The molecule has 0 aliphatic carbocycles. The predicted octanol–water partition coefficient (Wildman–Crippen LogP) is 4.98. The minimum absolute atomic E-state index is 0.125. The van der Waals surface area contributed by atoms with Gasteiger partial charge in [-0.05, 0) is 52.3 Å². The lowest BCUT2D eigenvalue weighted by molar-refractivity contribution is 0.432. The minimum atomic E-state index is -0.699. The van der Waals surface area contributed by atoms with Crippen LogP contribution < -0.4 is 0 Å². The fraction of sp³-hybridized carbons (Fsp3) is 0. The molecule has 2 N–H and O–H groups in total. The van der Waals surface area contributed by atoms with Crippen molar-refractivity contribution in [2.24, 2.45) is 0 Å². The van der Waals surface area contributed by atoms with Crippen molar-refractivity contribution in [2.75, 3.05) is 0 Å². The topological polar surface area (TPSA) is 53.4 Å². The first-order valence-corrected chi connectivity index (χ1v) is 7.52. The summed E-state index contributed by atoms with van der Waals surface area (Å²) in [6, 6.07) is 8.98. The van der Waals surface area contributed by atoms with Crippen LogP contribution in [0.4, 0.5) is 4.39 Å². The lowest BCUT2D eigenvalue weighted by Crippen LogP contribution is -1.89. The van der Waals surface area contributed by atoms with E-state index >= 15 is 0 Å². The Morgan fingerprint density at radius 3 is 2.43 bits per heavy atom. The smallest absolute Gasteiger partial charge is 0.165 e. The number of pyridine rings is 1. The van der Waals surface area contributed by atoms with Crippen molar-refractivity contribution >= 4 is 42.8 Å². The van der Waals surface area contributed by atoms with Gasteiger partial charge in [-0.3, -0.25) is 0 Å². The average molecular weight is 413 g/mol. The van der Waals surface area contributed by atoms with Crippen molar-refractivity contribution in [2.45, 2.75) is 0 Å². The molecule has 0 bridgehead atoms. The van der Waals surface area contributed by atoms with E-state index in [9.17, 15) is 14.6 Å². The molecule has 0 spiro atoms. The number of nitrogens with zero attached hydrogens (tertiary/aromatic N) is 1. The number of hydrogen-bond donors (Lipinski definition) is 2. The summed E-state index contributed by atoms with van der Waals surface area (Å²) in [6.07, 6.45) is 0. The van der Waals surface area contributed by atoms with E-state index in [-0.39, 0.29) is 5.75 Å². The number of phenols is 2. The zero-order valence-corrected chi connectivity index (χ0v) is 13.6. The summed E-state index contributed by atoms with van der Waals surface area (Å²) < 4.78 is 14.8. The molecule has 0 radical (unpaired) electrons. The molecule has 2 aromatic carbocycles. The van der Waals surface area contributed by atoms with E-state index in [1.807, 2.05) is 0 Å². The van der Waals surface area contributed by atoms with Crippen molar-refractivity contribution < 1.29 is 14.6 Å². The van der Waals surface area contributed by atoms with Crippen LogP contribution in [0.2, 0.25) is 0 Å². The first-order chi connectivity index (χ1) is 9.95. The van der Waals surface area contributed by atoms with Gasteiger partial charge in [0.25, 0.3) is 0 Å². The minimum Gasteiger partial charge on any atom is -0.508 e. The SMILES string of the molecule is Oc1cc(Br)c2nc(-c3ccc(O)c(F)c3)cc(Br)c2c1. The Balaban J connectivity index is 2.27. The molecule has 0 aliphatic heterocycles. The third-order valence-corrected chi connectivity index (χ3v) is 4.31. The molecular formula is C15H8Br2FNO2. The molecule has 0 atom stereocenters. The number of fused-ring (bicyclic) bond motifs is 1. The summed E-state index contributed by atoms with van der Waals surface area (Å²) in [5.41, 5.74) is 1.75. The summed E-state index contributed by atoms with van der Waals surface area (Å²) in [5, 5.41) is 19.6. The van der Waals surface area contributed by atoms with Crippen LogP contribution in [0, 0.1) is 5.82 Å². The molecule has 6 heteroatoms. The van der Waals surface area contributed by atoms with Gasteiger partial charge in [0, 0.05) is 19.9 Å². The van der Waals surface area contributed by atoms with E-state index in [0.717, 1.165) is 9.86 Å². The van der Waals surface area contributed by atoms with E-state index in [1.165, 1.54) is 12.1 Å². The second-order valence-electron chi connectivity index (χ2n) is 4.48. The molecule has 1 heterocycles. The van der Waals surface area contributed by atoms with Crippen LogP contribution in [0.3, 0.4) is 0 Å². The molecular weight excluding hydrogens is 405 g/mol. The lowest BCUT2D eigenvalue weighted by Gasteiger charge is -2.08. The summed E-state index contributed by atoms with van der Waals surface area (Å²) in [5.74, 6) is -0.972. The van der Waals surface area contributed by atoms with E-state index in [0.29, 0.717) is 21.2 Å². The largest absolute Gasteiger partial charge is 0.508 e. The zero-order chi connectivity index (χ0) is 15.1. The molecule has 0 saturated heterocycles. The van der Waals surface area contributed by atoms with E-state index in [2.05, 4.69) is 36.8 Å². The maximum atomic E-state index is 13.5. The Morgan fingerprint density at radius 1 is 0.952 bits per heavy atom. The molecule has 3 aromatic rings. The molecule has 0 saturated carbocycles. The average Bonchev–Trinajstić information content (AvgIpc) is 2.43. The van der Waals surface area contributed by atoms with Crippen LogP contribution in [-0.2, 0) is 0 Å². The van der Waals surface area contributed by atoms with Gasteiger partial charge in [0.15, 0.2) is 11.6 Å². The van der Waals surface area contributed by atoms with Gasteiger partial charge in [-0.2, -0.15) is 0 Å². The first-order valence-electron chi connectivity index (χ1n) is 5.93. The van der Waals surface area contributed by atoms with E-state index in [4.69, 9.17) is 0 Å². The van der Waals surface area contributed by atoms with Crippen molar-refractivity contribution in [3.63, 3.8) is 0 Å². The molecule has 1 aromatic heterocycles. The van der Waals surface area contributed by atoms with E-state index < -0.39 is 11.6 Å². The van der Waals surface area contributed by atoms with Crippen LogP contribution in [0.1, 0.15) is 0 Å². The van der Waals surface area contributed by atoms with E-state index in [1.54, 1.807) is 24.3 Å². The van der Waals surface area contributed by atoms with Gasteiger partial charge < -0.3 is 10.2 Å². The Labute approximate surface area is 136 Å². The van der Waals surface area contributed by atoms with Crippen LogP contribution in [0.25, 0.3) is 22.2 Å². The number of aromatic hydroxyl groups is 2. The molecule has 21 heavy (non-hydrogen) atoms. The summed E-state index contributed by atoms with van der Waals surface area (Å²) in [4.78, 5) is 4.48. The highest BCUT2D eigenvalue weighted by molar-refractivity contribution is 9.11. The van der Waals surface area contributed by atoms with Gasteiger partial charge >= 0.3 is 0 Å². The second-order valence-corrected chi connectivity index (χ2v) is 6.19. The normalized spacial score (nSPS) is 11.0. The number of halogens is 3. The third-order valence-electron chi connectivity index (χ3n) is 3.04. The van der Waals surface area contributed by atoms with Crippen LogP contribution >= 0.6 is 31.9 Å². The van der Waals surface area contributed by atoms with Gasteiger partial charge in [0.05, 0.1) is 11.2 Å². The molecule has 3 nitrogen and oxygen atoms in total. The molecule has 0 amide bonds. The monoisotopic (exact) mass is 411 g/mol. The molecule has 106 valence electrons. The number of hydrogen-bond acceptors (Lipinski definition) is 3. The Kier molecular flexibility index (Phi) is 3.59. The second kappa shape index (κ2) is 5.27. The molecule has 0 unspecified atom stereocenters. The van der Waals surface area contributed by atoms with Crippen LogP contribution in [0.5, 0.6) is 11.5 Å². The number of benzene rings is 2. The summed E-state index contributed by atoms with van der Waals surface area (Å²) >= 11 is 6.79. The zero-order valence-electron chi connectivity index (χ0n) is 10.4. The Morgan fingerprint density at radius 2 is 1.71 bits per heavy atom. The highest BCUT2D eigenvalue weighted by atomic mass is 79.9. The van der Waals surface area contributed by atoms with Gasteiger partial charge in [-0.25, -0.2) is 9.37 Å². The third kappa shape index (κ3) is 2.61. The highest BCUT2D eigenvalue weighted by Crippen LogP contribution is 2.35. The number of phenolic OH excluding ortho intramolecular Hbond substituents is 2. The van der Waals surface area contributed by atoms with Crippen molar-refractivity contribution in [1.29, 1.82) is 0 Å². The van der Waals surface area contributed by atoms with Crippen molar-refractivity contribution in [3.8, 4) is 22.8 Å². The quantitative estimate of drug-likeness (QED) is 0.592. The predicted molar refractivity (Wildman–Crippen MR) is 85.9 cm³/mol. The van der Waals surface area contributed by atoms with Crippen molar-refractivity contribution in [3.05, 3.63) is 51.2 Å². The molecule has 0 fully saturated rings. The van der Waals surface area contributed by atoms with Gasteiger partial charge in [0.2, 0.25) is 0 Å². The lowest BCUT2D eigenvalue weighted by atomic mass is 10.1. The van der Waals surface area contributed by atoms with Gasteiger partial charge in [-0.1, -0.05) is 15.9 Å². The summed E-state index contributed by atoms with van der Waals surface area (Å²) in [6.45, 7) is 0. The first kappa shape index (κ1) is 14.3. The maximum Gasteiger partial charge on any atom is 0.165 e.